The van der Waals surface area contributed by atoms with Gasteiger partial charge in [-0.25, -0.2) is 27.2 Å². The maximum Gasteiger partial charge on any atom is 1.00 e. The molecule has 2 heterocycles. The molecule has 0 saturated carbocycles. The van der Waals surface area contributed by atoms with Gasteiger partial charge < -0.3 is 15.3 Å². The normalized spacial score (nSPS) is 9.74. The zero-order valence-corrected chi connectivity index (χ0v) is 14.3. The fourth-order valence-electron chi connectivity index (χ4n) is 1.54. The summed E-state index contributed by atoms with van der Waals surface area (Å²) < 4.78 is 53.4. The molecule has 0 atom stereocenters. The standard InChI is InChI=1S/C7H8F2N2O2.C6H6F2N2O2.Li.H2O/c1-13-7(12)5-2-3-11(10-5)4-6(8)9;7-5(8)3-10-2-1-4(9-10)6(11)12;;/h2-3,6H,4H2,1H3;1-2,5H,3H2,(H,11,12);;1H2/q;;+1;/p-1. The molecular formula is C13H15F4LiN4O5. The molecule has 0 aliphatic rings. The number of alkyl halides is 4. The summed E-state index contributed by atoms with van der Waals surface area (Å²) in [7, 11) is 1.20. The topological polar surface area (TPSA) is 129 Å². The summed E-state index contributed by atoms with van der Waals surface area (Å²) in [5.41, 5.74) is -0.196. The van der Waals surface area contributed by atoms with Crippen molar-refractivity contribution in [3.8, 4) is 0 Å². The fourth-order valence-corrected chi connectivity index (χ4v) is 1.54. The van der Waals surface area contributed by atoms with E-state index in [2.05, 4.69) is 14.9 Å². The molecule has 27 heavy (non-hydrogen) atoms. The van der Waals surface area contributed by atoms with Crippen molar-refractivity contribution in [2.24, 2.45) is 0 Å². The zero-order chi connectivity index (χ0) is 19.0. The first kappa shape index (κ1) is 26.9. The molecule has 2 rings (SSSR count). The van der Waals surface area contributed by atoms with Crippen LogP contribution in [-0.2, 0) is 17.8 Å². The van der Waals surface area contributed by atoms with Gasteiger partial charge in [-0.3, -0.25) is 9.36 Å². The molecule has 2 aromatic rings. The van der Waals surface area contributed by atoms with Gasteiger partial charge in [0.25, 0.3) is 12.9 Å². The Morgan fingerprint density at radius 2 is 1.44 bits per heavy atom. The molecule has 2 aromatic heterocycles. The van der Waals surface area contributed by atoms with Gasteiger partial charge in [0.05, 0.1) is 7.11 Å². The average molecular weight is 390 g/mol. The zero-order valence-electron chi connectivity index (χ0n) is 14.3. The van der Waals surface area contributed by atoms with Crippen molar-refractivity contribution in [1.82, 2.24) is 19.6 Å². The maximum absolute atomic E-state index is 11.8. The van der Waals surface area contributed by atoms with Gasteiger partial charge in [-0.1, -0.05) is 0 Å². The number of carboxylic acid groups (broad SMARTS) is 1. The van der Waals surface area contributed by atoms with Gasteiger partial charge in [-0.05, 0) is 12.1 Å². The van der Waals surface area contributed by atoms with Crippen molar-refractivity contribution in [2.45, 2.75) is 25.9 Å². The number of hydrogen-bond donors (Lipinski definition) is 1. The number of nitrogens with zero attached hydrogens (tertiary/aromatic N) is 4. The van der Waals surface area contributed by atoms with Crippen LogP contribution in [0.5, 0.6) is 0 Å². The van der Waals surface area contributed by atoms with Crippen molar-refractivity contribution in [2.75, 3.05) is 7.11 Å². The van der Waals surface area contributed by atoms with E-state index in [9.17, 15) is 27.2 Å². The Hall–Kier alpha value is -2.36. The van der Waals surface area contributed by atoms with Crippen molar-refractivity contribution < 1.29 is 61.3 Å². The van der Waals surface area contributed by atoms with Gasteiger partial charge in [-0.15, -0.1) is 0 Å². The third kappa shape index (κ3) is 9.78. The summed E-state index contributed by atoms with van der Waals surface area (Å²) in [5.74, 6) is -1.85. The summed E-state index contributed by atoms with van der Waals surface area (Å²) in [4.78, 5) is 21.1. The number of hydrogen-bond acceptors (Lipinski definition) is 6. The van der Waals surface area contributed by atoms with Crippen LogP contribution in [0.25, 0.3) is 0 Å². The van der Waals surface area contributed by atoms with Crippen molar-refractivity contribution in [3.05, 3.63) is 35.9 Å². The summed E-state index contributed by atoms with van der Waals surface area (Å²) >= 11 is 0. The summed E-state index contributed by atoms with van der Waals surface area (Å²) in [6.07, 6.45) is -2.49. The van der Waals surface area contributed by atoms with Gasteiger partial charge in [0, 0.05) is 12.4 Å². The second-order valence-electron chi connectivity index (χ2n) is 4.42. The van der Waals surface area contributed by atoms with Gasteiger partial charge in [0.15, 0.2) is 11.4 Å². The molecule has 14 heteroatoms. The minimum absolute atomic E-state index is 0. The quantitative estimate of drug-likeness (QED) is 0.365. The van der Waals surface area contributed by atoms with Crippen molar-refractivity contribution >= 4 is 11.9 Å². The number of halogens is 4. The Bertz CT molecular complexity index is 710. The largest absolute Gasteiger partial charge is 1.00 e. The van der Waals surface area contributed by atoms with Crippen LogP contribution in [0, 0.1) is 0 Å². The monoisotopic (exact) mass is 390 g/mol. The molecule has 0 bridgehead atoms. The number of esters is 1. The molecule has 0 fully saturated rings. The van der Waals surface area contributed by atoms with Crippen LogP contribution in [0.4, 0.5) is 17.6 Å². The summed E-state index contributed by atoms with van der Waals surface area (Å²) in [6, 6.07) is 2.50. The van der Waals surface area contributed by atoms with Crippen LogP contribution in [0.15, 0.2) is 24.5 Å². The Kier molecular flexibility index (Phi) is 12.8. The van der Waals surface area contributed by atoms with E-state index >= 15 is 0 Å². The predicted octanol–water partition coefficient (Wildman–Crippen LogP) is -1.39. The molecule has 0 aromatic carbocycles. The molecule has 0 amide bonds. The van der Waals surface area contributed by atoms with Gasteiger partial charge in [0.1, 0.15) is 13.1 Å². The number of carbonyl (C=O) groups excluding carboxylic acids is 1. The number of aromatic nitrogens is 4. The summed E-state index contributed by atoms with van der Waals surface area (Å²) in [5, 5.41) is 15.3. The van der Waals surface area contributed by atoms with E-state index in [0.717, 1.165) is 9.36 Å². The maximum atomic E-state index is 11.8. The molecule has 146 valence electrons. The molecule has 0 spiro atoms. The van der Waals surface area contributed by atoms with E-state index in [-0.39, 0.29) is 35.7 Å². The molecule has 0 saturated heterocycles. The van der Waals surface area contributed by atoms with Crippen molar-refractivity contribution in [1.29, 1.82) is 0 Å². The first-order valence-corrected chi connectivity index (χ1v) is 6.67. The third-order valence-corrected chi connectivity index (χ3v) is 2.55. The first-order chi connectivity index (χ1) is 11.7. The third-order valence-electron chi connectivity index (χ3n) is 2.55. The molecule has 2 N–H and O–H groups in total. The Labute approximate surface area is 162 Å². The minimum Gasteiger partial charge on any atom is -0.870 e. The predicted molar refractivity (Wildman–Crippen MR) is 76.7 cm³/mol. The number of carboxylic acids is 1. The van der Waals surface area contributed by atoms with E-state index in [1.54, 1.807) is 0 Å². The Morgan fingerprint density at radius 3 is 1.78 bits per heavy atom. The van der Waals surface area contributed by atoms with E-state index < -0.39 is 37.9 Å². The van der Waals surface area contributed by atoms with Crippen LogP contribution in [-0.4, -0.2) is 62.0 Å². The van der Waals surface area contributed by atoms with E-state index in [1.807, 2.05) is 0 Å². The van der Waals surface area contributed by atoms with E-state index in [0.29, 0.717) is 0 Å². The molecule has 0 radical (unpaired) electrons. The van der Waals surface area contributed by atoms with E-state index in [4.69, 9.17) is 5.11 Å². The van der Waals surface area contributed by atoms with Crippen LogP contribution in [0.2, 0.25) is 0 Å². The molecule has 0 aliphatic heterocycles. The van der Waals surface area contributed by atoms with Gasteiger partial charge >= 0.3 is 30.8 Å². The smallest absolute Gasteiger partial charge is 0.870 e. The van der Waals surface area contributed by atoms with Crippen molar-refractivity contribution in [3.63, 3.8) is 0 Å². The molecule has 0 unspecified atom stereocenters. The minimum atomic E-state index is -2.52. The number of methoxy groups -OCH3 is 1. The number of carbonyl (C=O) groups is 2. The fraction of sp³-hybridized carbons (Fsp3) is 0.385. The van der Waals surface area contributed by atoms with Gasteiger partial charge in [0.2, 0.25) is 0 Å². The second kappa shape index (κ2) is 12.9. The van der Waals surface area contributed by atoms with Gasteiger partial charge in [-0.2, -0.15) is 10.2 Å². The van der Waals surface area contributed by atoms with Crippen LogP contribution in [0.1, 0.15) is 21.0 Å². The summed E-state index contributed by atoms with van der Waals surface area (Å²) in [6.45, 7) is -1.09. The second-order valence-corrected chi connectivity index (χ2v) is 4.42. The molecule has 0 aliphatic carbocycles. The SMILES string of the molecule is COC(=O)c1ccn(CC(F)F)n1.O=C(O)c1ccn(CC(F)F)n1.[Li+].[OH-]. The number of rotatable bonds is 6. The average Bonchev–Trinajstić information content (AvgIpc) is 3.15. The molecular weight excluding hydrogens is 375 g/mol. The molecule has 9 nitrogen and oxygen atoms in total. The number of ether oxygens (including phenoxy) is 1. The Morgan fingerprint density at radius 1 is 1.04 bits per heavy atom. The van der Waals surface area contributed by atoms with E-state index in [1.165, 1.54) is 31.6 Å². The number of aromatic carboxylic acids is 1. The first-order valence-electron chi connectivity index (χ1n) is 6.67. The van der Waals surface area contributed by atoms with Crippen LogP contribution >= 0.6 is 0 Å². The Balaban J connectivity index is 0. The van der Waals surface area contributed by atoms with Crippen LogP contribution in [0.3, 0.4) is 0 Å². The van der Waals surface area contributed by atoms with Crippen LogP contribution < -0.4 is 18.9 Å².